The highest BCUT2D eigenvalue weighted by Gasteiger charge is 2.16. The molecule has 2 aromatic rings. The lowest BCUT2D eigenvalue weighted by atomic mass is 10.1. The number of rotatable bonds is 4. The van der Waals surface area contributed by atoms with Crippen LogP contribution in [0.2, 0.25) is 5.02 Å². The van der Waals surface area contributed by atoms with E-state index in [1.165, 1.54) is 0 Å². The Kier molecular flexibility index (Phi) is 4.23. The molecule has 0 spiro atoms. The number of fused-ring (bicyclic) bond motifs is 1. The SMILES string of the molecule is Cc1cc(Cl)cc2c(C(=O)O)nc(CCC(C)C)nc12. The number of carboxylic acid groups (broad SMARTS) is 1. The van der Waals surface area contributed by atoms with Crippen molar-refractivity contribution in [2.75, 3.05) is 0 Å². The predicted octanol–water partition coefficient (Wildman–Crippen LogP) is 3.88. The third kappa shape index (κ3) is 3.07. The van der Waals surface area contributed by atoms with Crippen molar-refractivity contribution in [3.8, 4) is 0 Å². The molecule has 0 radical (unpaired) electrons. The maximum Gasteiger partial charge on any atom is 0.355 e. The van der Waals surface area contributed by atoms with Gasteiger partial charge in [0.1, 0.15) is 5.82 Å². The van der Waals surface area contributed by atoms with Crippen LogP contribution in [-0.4, -0.2) is 21.0 Å². The molecule has 0 fully saturated rings. The number of halogens is 1. The smallest absolute Gasteiger partial charge is 0.355 e. The molecule has 0 bridgehead atoms. The first-order chi connectivity index (χ1) is 9.38. The molecule has 106 valence electrons. The Morgan fingerprint density at radius 1 is 1.35 bits per heavy atom. The Morgan fingerprint density at radius 3 is 2.65 bits per heavy atom. The average Bonchev–Trinajstić information content (AvgIpc) is 2.35. The number of aryl methyl sites for hydroxylation is 2. The first-order valence-corrected chi connectivity index (χ1v) is 6.96. The van der Waals surface area contributed by atoms with Gasteiger partial charge in [-0.2, -0.15) is 0 Å². The first kappa shape index (κ1) is 14.7. The Hall–Kier alpha value is -1.68. The summed E-state index contributed by atoms with van der Waals surface area (Å²) in [6.45, 7) is 6.10. The van der Waals surface area contributed by atoms with Crippen LogP contribution in [0.15, 0.2) is 12.1 Å². The van der Waals surface area contributed by atoms with Crippen LogP contribution in [-0.2, 0) is 6.42 Å². The molecule has 0 aliphatic heterocycles. The fourth-order valence-corrected chi connectivity index (χ4v) is 2.37. The third-order valence-corrected chi connectivity index (χ3v) is 3.37. The van der Waals surface area contributed by atoms with Gasteiger partial charge in [0, 0.05) is 16.8 Å². The van der Waals surface area contributed by atoms with Gasteiger partial charge in [-0.15, -0.1) is 0 Å². The standard InChI is InChI=1S/C15H17ClN2O2/c1-8(2)4-5-12-17-13-9(3)6-10(16)7-11(13)14(18-12)15(19)20/h6-8H,4-5H2,1-3H3,(H,19,20). The van der Waals surface area contributed by atoms with Crippen LogP contribution in [0.5, 0.6) is 0 Å². The van der Waals surface area contributed by atoms with Crippen LogP contribution in [0.3, 0.4) is 0 Å². The lowest BCUT2D eigenvalue weighted by Crippen LogP contribution is -2.08. The van der Waals surface area contributed by atoms with Crippen LogP contribution in [0.4, 0.5) is 0 Å². The molecule has 0 atom stereocenters. The highest BCUT2D eigenvalue weighted by Crippen LogP contribution is 2.25. The van der Waals surface area contributed by atoms with Crippen molar-refractivity contribution in [2.45, 2.75) is 33.6 Å². The quantitative estimate of drug-likeness (QED) is 0.929. The van der Waals surface area contributed by atoms with E-state index in [-0.39, 0.29) is 5.69 Å². The van der Waals surface area contributed by atoms with Gasteiger partial charge in [0.15, 0.2) is 5.69 Å². The summed E-state index contributed by atoms with van der Waals surface area (Å²) in [5.74, 6) is 0.0489. The van der Waals surface area contributed by atoms with Crippen molar-refractivity contribution in [1.29, 1.82) is 0 Å². The molecule has 0 aliphatic carbocycles. The van der Waals surface area contributed by atoms with E-state index in [4.69, 9.17) is 11.6 Å². The van der Waals surface area contributed by atoms with Gasteiger partial charge >= 0.3 is 5.97 Å². The fraction of sp³-hybridized carbons (Fsp3) is 0.400. The minimum absolute atomic E-state index is 0.0272. The molecule has 0 amide bonds. The molecule has 0 saturated carbocycles. The number of carboxylic acids is 1. The minimum atomic E-state index is -1.05. The van der Waals surface area contributed by atoms with Crippen molar-refractivity contribution < 1.29 is 9.90 Å². The maximum absolute atomic E-state index is 11.4. The molecule has 0 unspecified atom stereocenters. The normalized spacial score (nSPS) is 11.2. The van der Waals surface area contributed by atoms with E-state index >= 15 is 0 Å². The van der Waals surface area contributed by atoms with Gasteiger partial charge in [-0.1, -0.05) is 25.4 Å². The fourth-order valence-electron chi connectivity index (χ4n) is 2.10. The number of hydrogen-bond acceptors (Lipinski definition) is 3. The third-order valence-electron chi connectivity index (χ3n) is 3.15. The maximum atomic E-state index is 11.4. The number of aromatic carboxylic acids is 1. The molecule has 0 saturated heterocycles. The summed E-state index contributed by atoms with van der Waals surface area (Å²) in [6, 6.07) is 3.40. The van der Waals surface area contributed by atoms with Crippen LogP contribution in [0.25, 0.3) is 10.9 Å². The summed E-state index contributed by atoms with van der Waals surface area (Å²) < 4.78 is 0. The van der Waals surface area contributed by atoms with E-state index in [0.717, 1.165) is 12.0 Å². The molecule has 1 heterocycles. The van der Waals surface area contributed by atoms with E-state index in [9.17, 15) is 9.90 Å². The van der Waals surface area contributed by atoms with E-state index < -0.39 is 5.97 Å². The molecule has 4 nitrogen and oxygen atoms in total. The van der Waals surface area contributed by atoms with Crippen molar-refractivity contribution >= 4 is 28.5 Å². The van der Waals surface area contributed by atoms with Crippen molar-refractivity contribution in [3.63, 3.8) is 0 Å². The van der Waals surface area contributed by atoms with Crippen molar-refractivity contribution in [2.24, 2.45) is 5.92 Å². The van der Waals surface area contributed by atoms with Gasteiger partial charge < -0.3 is 5.11 Å². The van der Waals surface area contributed by atoms with E-state index in [2.05, 4.69) is 23.8 Å². The Balaban J connectivity index is 2.61. The molecular weight excluding hydrogens is 276 g/mol. The summed E-state index contributed by atoms with van der Waals surface area (Å²) in [5, 5.41) is 10.3. The van der Waals surface area contributed by atoms with Crippen LogP contribution in [0, 0.1) is 12.8 Å². The number of aromatic nitrogens is 2. The highest BCUT2D eigenvalue weighted by molar-refractivity contribution is 6.31. The first-order valence-electron chi connectivity index (χ1n) is 6.58. The summed E-state index contributed by atoms with van der Waals surface area (Å²) in [4.78, 5) is 20.1. The van der Waals surface area contributed by atoms with Gasteiger partial charge in [-0.05, 0) is 37.0 Å². The molecule has 1 aromatic carbocycles. The zero-order valence-corrected chi connectivity index (χ0v) is 12.5. The van der Waals surface area contributed by atoms with E-state index in [1.807, 2.05) is 6.92 Å². The highest BCUT2D eigenvalue weighted by atomic mass is 35.5. The number of benzene rings is 1. The van der Waals surface area contributed by atoms with Crippen molar-refractivity contribution in [3.05, 3.63) is 34.2 Å². The van der Waals surface area contributed by atoms with Gasteiger partial charge in [0.2, 0.25) is 0 Å². The summed E-state index contributed by atoms with van der Waals surface area (Å²) in [6.07, 6.45) is 1.60. The number of nitrogens with zero attached hydrogens (tertiary/aromatic N) is 2. The minimum Gasteiger partial charge on any atom is -0.476 e. The second-order valence-corrected chi connectivity index (χ2v) is 5.78. The van der Waals surface area contributed by atoms with Gasteiger partial charge in [-0.25, -0.2) is 14.8 Å². The van der Waals surface area contributed by atoms with Gasteiger partial charge in [0.25, 0.3) is 0 Å². The number of carbonyl (C=O) groups is 1. The molecule has 1 N–H and O–H groups in total. The van der Waals surface area contributed by atoms with E-state index in [0.29, 0.717) is 34.1 Å². The largest absolute Gasteiger partial charge is 0.476 e. The Morgan fingerprint density at radius 2 is 2.05 bits per heavy atom. The van der Waals surface area contributed by atoms with Crippen LogP contribution < -0.4 is 0 Å². The predicted molar refractivity (Wildman–Crippen MR) is 79.4 cm³/mol. The number of hydrogen-bond donors (Lipinski definition) is 1. The zero-order chi connectivity index (χ0) is 14.9. The molecule has 20 heavy (non-hydrogen) atoms. The molecule has 1 aromatic heterocycles. The van der Waals surface area contributed by atoms with Gasteiger partial charge in [-0.3, -0.25) is 0 Å². The average molecular weight is 293 g/mol. The lowest BCUT2D eigenvalue weighted by Gasteiger charge is -2.09. The monoisotopic (exact) mass is 292 g/mol. The zero-order valence-electron chi connectivity index (χ0n) is 11.8. The summed E-state index contributed by atoms with van der Waals surface area (Å²) in [5.41, 5.74) is 1.56. The van der Waals surface area contributed by atoms with Crippen LogP contribution >= 0.6 is 11.6 Å². The lowest BCUT2D eigenvalue weighted by molar-refractivity contribution is 0.0692. The second-order valence-electron chi connectivity index (χ2n) is 5.34. The van der Waals surface area contributed by atoms with Crippen molar-refractivity contribution in [1.82, 2.24) is 9.97 Å². The Labute approximate surface area is 122 Å². The van der Waals surface area contributed by atoms with Crippen LogP contribution in [0.1, 0.15) is 42.1 Å². The summed E-state index contributed by atoms with van der Waals surface area (Å²) in [7, 11) is 0. The molecule has 2 rings (SSSR count). The molecule has 5 heteroatoms. The molecular formula is C15H17ClN2O2. The topological polar surface area (TPSA) is 63.1 Å². The van der Waals surface area contributed by atoms with Gasteiger partial charge in [0.05, 0.1) is 5.52 Å². The van der Waals surface area contributed by atoms with E-state index in [1.54, 1.807) is 12.1 Å². The molecule has 0 aliphatic rings. The Bertz CT molecular complexity index is 668. The second kappa shape index (κ2) is 5.75. The summed E-state index contributed by atoms with van der Waals surface area (Å²) >= 11 is 5.99.